The van der Waals surface area contributed by atoms with E-state index in [1.807, 2.05) is 0 Å². The molecule has 0 aromatic rings. The highest BCUT2D eigenvalue weighted by Gasteiger charge is 2.32. The second kappa shape index (κ2) is 5.83. The molecule has 4 heteroatoms. The Morgan fingerprint density at radius 2 is 2.24 bits per heavy atom. The van der Waals surface area contributed by atoms with Crippen molar-refractivity contribution >= 4 is 5.97 Å². The third-order valence-corrected chi connectivity index (χ3v) is 3.99. The molecule has 0 radical (unpaired) electrons. The number of rotatable bonds is 3. The number of aliphatic hydroxyl groups is 1. The summed E-state index contributed by atoms with van der Waals surface area (Å²) in [5.41, 5.74) is 0. The number of aliphatic hydroxyl groups excluding tert-OH is 1. The third kappa shape index (κ3) is 3.42. The van der Waals surface area contributed by atoms with Crippen LogP contribution in [0.25, 0.3) is 0 Å². The Hall–Kier alpha value is -0.610. The van der Waals surface area contributed by atoms with Crippen molar-refractivity contribution in [1.82, 2.24) is 5.32 Å². The summed E-state index contributed by atoms with van der Waals surface area (Å²) in [7, 11) is 0. The van der Waals surface area contributed by atoms with E-state index >= 15 is 0 Å². The number of hydrogen-bond acceptors (Lipinski definition) is 4. The van der Waals surface area contributed by atoms with Crippen LogP contribution in [0.2, 0.25) is 0 Å². The van der Waals surface area contributed by atoms with E-state index in [2.05, 4.69) is 12.2 Å². The van der Waals surface area contributed by atoms with Gasteiger partial charge in [-0.2, -0.15) is 0 Å². The van der Waals surface area contributed by atoms with Gasteiger partial charge in [0.25, 0.3) is 0 Å². The highest BCUT2D eigenvalue weighted by atomic mass is 16.5. The first-order valence-corrected chi connectivity index (χ1v) is 6.81. The van der Waals surface area contributed by atoms with Gasteiger partial charge in [-0.15, -0.1) is 0 Å². The molecule has 0 aromatic heterocycles. The topological polar surface area (TPSA) is 58.6 Å². The van der Waals surface area contributed by atoms with Crippen LogP contribution in [-0.2, 0) is 9.53 Å². The SMILES string of the molecule is CCC1CCCC(OC(=O)[C@@H]2CC(O)CN2)C1. The minimum Gasteiger partial charge on any atom is -0.461 e. The molecular formula is C13H23NO3. The Bertz CT molecular complexity index is 269. The Balaban J connectivity index is 1.78. The minimum atomic E-state index is -0.401. The highest BCUT2D eigenvalue weighted by molar-refractivity contribution is 5.76. The van der Waals surface area contributed by atoms with Crippen molar-refractivity contribution in [2.24, 2.45) is 5.92 Å². The average molecular weight is 241 g/mol. The van der Waals surface area contributed by atoms with Crippen LogP contribution < -0.4 is 5.32 Å². The van der Waals surface area contributed by atoms with Gasteiger partial charge in [-0.1, -0.05) is 19.8 Å². The molecule has 17 heavy (non-hydrogen) atoms. The predicted octanol–water partition coefficient (Wildman–Crippen LogP) is 1.22. The maximum Gasteiger partial charge on any atom is 0.323 e. The fourth-order valence-corrected chi connectivity index (χ4v) is 2.86. The molecule has 2 aliphatic rings. The zero-order valence-corrected chi connectivity index (χ0v) is 10.5. The van der Waals surface area contributed by atoms with Crippen LogP contribution in [0.4, 0.5) is 0 Å². The summed E-state index contributed by atoms with van der Waals surface area (Å²) in [6.45, 7) is 2.70. The first-order valence-electron chi connectivity index (χ1n) is 6.81. The molecule has 3 unspecified atom stereocenters. The fraction of sp³-hybridized carbons (Fsp3) is 0.923. The molecule has 0 amide bonds. The molecule has 1 saturated carbocycles. The molecule has 4 nitrogen and oxygen atoms in total. The van der Waals surface area contributed by atoms with Crippen LogP contribution in [0.15, 0.2) is 0 Å². The molecule has 2 rings (SSSR count). The average Bonchev–Trinajstić information content (AvgIpc) is 2.76. The molecule has 2 N–H and O–H groups in total. The first-order chi connectivity index (χ1) is 8.19. The van der Waals surface area contributed by atoms with Crippen LogP contribution in [0.3, 0.4) is 0 Å². The maximum absolute atomic E-state index is 11.9. The van der Waals surface area contributed by atoms with Gasteiger partial charge < -0.3 is 15.2 Å². The summed E-state index contributed by atoms with van der Waals surface area (Å²) in [6, 6.07) is -0.299. The predicted molar refractivity (Wildman–Crippen MR) is 64.5 cm³/mol. The van der Waals surface area contributed by atoms with Crippen LogP contribution in [0.1, 0.15) is 45.4 Å². The molecule has 4 atom stereocenters. The van der Waals surface area contributed by atoms with Crippen molar-refractivity contribution in [3.8, 4) is 0 Å². The summed E-state index contributed by atoms with van der Waals surface area (Å²) < 4.78 is 5.54. The number of β-amino-alcohol motifs (C(OH)–C–C–N with tert-alkyl or cyclic N) is 1. The van der Waals surface area contributed by atoms with E-state index < -0.39 is 6.10 Å². The second-order valence-electron chi connectivity index (χ2n) is 5.35. The lowest BCUT2D eigenvalue weighted by molar-refractivity contribution is -0.153. The summed E-state index contributed by atoms with van der Waals surface area (Å²) in [5, 5.41) is 12.4. The van der Waals surface area contributed by atoms with Gasteiger partial charge in [-0.3, -0.25) is 4.79 Å². The van der Waals surface area contributed by atoms with Gasteiger partial charge in [0.05, 0.1) is 6.10 Å². The van der Waals surface area contributed by atoms with Gasteiger partial charge >= 0.3 is 5.97 Å². The molecule has 1 heterocycles. The van der Waals surface area contributed by atoms with Gasteiger partial charge in [0.1, 0.15) is 12.1 Å². The van der Waals surface area contributed by atoms with Crippen LogP contribution in [0, 0.1) is 5.92 Å². The van der Waals surface area contributed by atoms with E-state index in [1.54, 1.807) is 0 Å². The summed E-state index contributed by atoms with van der Waals surface area (Å²) in [6.07, 6.45) is 5.80. The van der Waals surface area contributed by atoms with Crippen LogP contribution >= 0.6 is 0 Å². The van der Waals surface area contributed by atoms with Crippen molar-refractivity contribution in [2.75, 3.05) is 6.54 Å². The molecule has 1 aliphatic carbocycles. The number of esters is 1. The van der Waals surface area contributed by atoms with E-state index in [1.165, 1.54) is 12.8 Å². The van der Waals surface area contributed by atoms with Crippen molar-refractivity contribution in [2.45, 2.75) is 63.7 Å². The molecule has 1 aliphatic heterocycles. The maximum atomic E-state index is 11.9. The van der Waals surface area contributed by atoms with E-state index in [0.29, 0.717) is 18.9 Å². The standard InChI is InChI=1S/C13H23NO3/c1-2-9-4-3-5-11(6-9)17-13(16)12-7-10(15)8-14-12/h9-12,14-15H,2-8H2,1H3/t9?,10?,11?,12-/m0/s1. The van der Waals surface area contributed by atoms with Crippen molar-refractivity contribution < 1.29 is 14.6 Å². The van der Waals surface area contributed by atoms with Gasteiger partial charge in [0, 0.05) is 13.0 Å². The quantitative estimate of drug-likeness (QED) is 0.729. The summed E-state index contributed by atoms with van der Waals surface area (Å²) >= 11 is 0. The Morgan fingerprint density at radius 3 is 2.88 bits per heavy atom. The Kier molecular flexibility index (Phi) is 4.40. The number of carbonyl (C=O) groups excluding carboxylic acids is 1. The Morgan fingerprint density at radius 1 is 1.41 bits per heavy atom. The Labute approximate surface area is 103 Å². The lowest BCUT2D eigenvalue weighted by Crippen LogP contribution is -2.36. The van der Waals surface area contributed by atoms with Crippen molar-refractivity contribution in [1.29, 1.82) is 0 Å². The molecule has 1 saturated heterocycles. The van der Waals surface area contributed by atoms with Gasteiger partial charge in [0.15, 0.2) is 0 Å². The van der Waals surface area contributed by atoms with E-state index in [0.717, 1.165) is 19.3 Å². The lowest BCUT2D eigenvalue weighted by Gasteiger charge is -2.28. The lowest BCUT2D eigenvalue weighted by atomic mass is 9.85. The molecule has 98 valence electrons. The number of nitrogens with one attached hydrogen (secondary N) is 1. The molecule has 0 aromatic carbocycles. The fourth-order valence-electron chi connectivity index (χ4n) is 2.86. The van der Waals surface area contributed by atoms with Crippen molar-refractivity contribution in [3.05, 3.63) is 0 Å². The van der Waals surface area contributed by atoms with E-state index in [9.17, 15) is 9.90 Å². The number of carbonyl (C=O) groups is 1. The monoisotopic (exact) mass is 241 g/mol. The molecular weight excluding hydrogens is 218 g/mol. The zero-order valence-electron chi connectivity index (χ0n) is 10.5. The molecule has 0 spiro atoms. The van der Waals surface area contributed by atoms with E-state index in [-0.39, 0.29) is 18.1 Å². The first kappa shape index (κ1) is 12.8. The van der Waals surface area contributed by atoms with Crippen molar-refractivity contribution in [3.63, 3.8) is 0 Å². The van der Waals surface area contributed by atoms with Crippen LogP contribution in [-0.4, -0.2) is 35.9 Å². The minimum absolute atomic E-state index is 0.0979. The van der Waals surface area contributed by atoms with Gasteiger partial charge in [-0.05, 0) is 25.2 Å². The molecule has 2 fully saturated rings. The summed E-state index contributed by atoms with van der Waals surface area (Å²) in [4.78, 5) is 11.9. The number of hydrogen-bond donors (Lipinski definition) is 2. The second-order valence-corrected chi connectivity index (χ2v) is 5.35. The molecule has 0 bridgehead atoms. The normalized spacial score (nSPS) is 38.0. The highest BCUT2D eigenvalue weighted by Crippen LogP contribution is 2.28. The van der Waals surface area contributed by atoms with Gasteiger partial charge in [-0.25, -0.2) is 0 Å². The number of ether oxygens (including phenoxy) is 1. The largest absolute Gasteiger partial charge is 0.461 e. The third-order valence-electron chi connectivity index (χ3n) is 3.99. The van der Waals surface area contributed by atoms with Gasteiger partial charge in [0.2, 0.25) is 0 Å². The van der Waals surface area contributed by atoms with E-state index in [4.69, 9.17) is 4.74 Å². The zero-order chi connectivity index (χ0) is 12.3. The van der Waals surface area contributed by atoms with Crippen LogP contribution in [0.5, 0.6) is 0 Å². The smallest absolute Gasteiger partial charge is 0.323 e. The summed E-state index contributed by atoms with van der Waals surface area (Å²) in [5.74, 6) is 0.534.